The zero-order chi connectivity index (χ0) is 8.31. The Morgan fingerprint density at radius 3 is 1.17 bits per heavy atom. The molecule has 0 fully saturated rings. The quantitative estimate of drug-likeness (QED) is 0.370. The molecule has 0 radical (unpaired) electrons. The molecule has 0 saturated carbocycles. The first-order valence-electron chi connectivity index (χ1n) is 2.24. The van der Waals surface area contributed by atoms with Crippen LogP contribution in [0.15, 0.2) is 0 Å². The Kier molecular flexibility index (Phi) is 14.8. The molecule has 4 nitrogen and oxygen atoms in total. The van der Waals surface area contributed by atoms with Crippen LogP contribution < -0.4 is 69.3 Å². The molecule has 0 N–H and O–H groups in total. The van der Waals surface area contributed by atoms with Gasteiger partial charge in [0.15, 0.2) is 0 Å². The number of hydrogen-bond donors (Lipinski definition) is 2. The molecule has 0 aromatic heterocycles. The Morgan fingerprint density at radius 1 is 0.917 bits per heavy atom. The number of carbonyl (C=O) groups excluding carboxylic acids is 2. The molecule has 0 aliphatic carbocycles. The van der Waals surface area contributed by atoms with Crippen LogP contribution >= 0.6 is 25.3 Å². The fourth-order valence-electron chi connectivity index (χ4n) is 0.258. The Bertz CT molecular complexity index is 147. The topological polar surface area (TPSA) is 80.3 Å². The van der Waals surface area contributed by atoms with Gasteiger partial charge in [-0.15, -0.1) is 0 Å². The van der Waals surface area contributed by atoms with E-state index in [1.54, 1.807) is 0 Å². The third kappa shape index (κ3) is 7.08. The Balaban J connectivity index is -0.000000405. The van der Waals surface area contributed by atoms with Crippen LogP contribution in [0.25, 0.3) is 0 Å². The largest absolute Gasteiger partial charge is 1.00 e. The van der Waals surface area contributed by atoms with Crippen molar-refractivity contribution in [3.05, 3.63) is 0 Å². The SMILES string of the molecule is O=C([O-])[C@@H](S)[C@H](S)C(=O)[O-].[Na+].[Na+]. The van der Waals surface area contributed by atoms with Gasteiger partial charge in [0.1, 0.15) is 0 Å². The normalized spacial score (nSPS) is 13.2. The van der Waals surface area contributed by atoms with Gasteiger partial charge in [0.05, 0.1) is 22.4 Å². The van der Waals surface area contributed by atoms with Gasteiger partial charge < -0.3 is 19.8 Å². The molecule has 0 heterocycles. The molecule has 0 amide bonds. The molecule has 58 valence electrons. The molecule has 0 aromatic carbocycles. The van der Waals surface area contributed by atoms with Crippen molar-refractivity contribution in [2.24, 2.45) is 0 Å². The monoisotopic (exact) mass is 226 g/mol. The second-order valence-corrected chi connectivity index (χ2v) is 2.64. The van der Waals surface area contributed by atoms with E-state index in [0.29, 0.717) is 0 Å². The van der Waals surface area contributed by atoms with Crippen LogP contribution in [0.2, 0.25) is 0 Å². The van der Waals surface area contributed by atoms with Crippen molar-refractivity contribution in [2.45, 2.75) is 10.5 Å². The Hall–Kier alpha value is 1.64. The van der Waals surface area contributed by atoms with Crippen molar-refractivity contribution in [1.82, 2.24) is 0 Å². The molecular formula is C4H4Na2O4S2. The van der Waals surface area contributed by atoms with Gasteiger partial charge in [0, 0.05) is 0 Å². The van der Waals surface area contributed by atoms with Crippen LogP contribution in [0.3, 0.4) is 0 Å². The first-order chi connectivity index (χ1) is 4.46. The van der Waals surface area contributed by atoms with Crippen molar-refractivity contribution in [3.63, 3.8) is 0 Å². The standard InChI is InChI=1S/C4H6O4S2.2Na/c5-3(6)1(9)2(10)4(7)8;;/h1-2,9-10H,(H,5,6)(H,7,8);;/q;2*+1/p-2/t1-,2-;;/m0../s1. The summed E-state index contributed by atoms with van der Waals surface area (Å²) in [7, 11) is 0. The fourth-order valence-corrected chi connectivity index (χ4v) is 0.501. The van der Waals surface area contributed by atoms with Crippen LogP contribution in [-0.4, -0.2) is 22.4 Å². The maximum atomic E-state index is 9.92. The van der Waals surface area contributed by atoms with Gasteiger partial charge in [0.2, 0.25) is 0 Å². The number of thiol groups is 2. The molecule has 0 unspecified atom stereocenters. The summed E-state index contributed by atoms with van der Waals surface area (Å²) >= 11 is 6.80. The number of carboxylic acid groups (broad SMARTS) is 2. The van der Waals surface area contributed by atoms with Crippen molar-refractivity contribution in [2.75, 3.05) is 0 Å². The van der Waals surface area contributed by atoms with Gasteiger partial charge in [-0.05, 0) is 0 Å². The van der Waals surface area contributed by atoms with E-state index in [2.05, 4.69) is 25.3 Å². The Labute approximate surface area is 125 Å². The van der Waals surface area contributed by atoms with E-state index in [1.807, 2.05) is 0 Å². The van der Waals surface area contributed by atoms with E-state index in [4.69, 9.17) is 0 Å². The van der Waals surface area contributed by atoms with E-state index < -0.39 is 22.4 Å². The Morgan fingerprint density at radius 2 is 1.08 bits per heavy atom. The summed E-state index contributed by atoms with van der Waals surface area (Å²) in [4.78, 5) is 19.8. The molecular weight excluding hydrogens is 222 g/mol. The van der Waals surface area contributed by atoms with Crippen molar-refractivity contribution >= 4 is 37.2 Å². The van der Waals surface area contributed by atoms with E-state index in [1.165, 1.54) is 0 Å². The van der Waals surface area contributed by atoms with Crippen molar-refractivity contribution < 1.29 is 78.9 Å². The van der Waals surface area contributed by atoms with Crippen LogP contribution in [0.4, 0.5) is 0 Å². The average molecular weight is 226 g/mol. The molecule has 0 aliphatic heterocycles. The molecule has 0 rings (SSSR count). The average Bonchev–Trinajstić information content (AvgIpc) is 1.84. The molecule has 0 aromatic rings. The number of rotatable bonds is 3. The number of carbonyl (C=O) groups is 2. The second-order valence-electron chi connectivity index (χ2n) is 1.53. The van der Waals surface area contributed by atoms with E-state index in [0.717, 1.165) is 0 Å². The van der Waals surface area contributed by atoms with Crippen LogP contribution in [0.1, 0.15) is 0 Å². The van der Waals surface area contributed by atoms with Gasteiger partial charge >= 0.3 is 59.1 Å². The van der Waals surface area contributed by atoms with Crippen molar-refractivity contribution in [3.8, 4) is 0 Å². The zero-order valence-corrected chi connectivity index (χ0v) is 12.5. The molecule has 12 heavy (non-hydrogen) atoms. The van der Waals surface area contributed by atoms with Crippen LogP contribution in [0, 0.1) is 0 Å². The third-order valence-electron chi connectivity index (χ3n) is 0.782. The van der Waals surface area contributed by atoms with Gasteiger partial charge in [0.25, 0.3) is 0 Å². The van der Waals surface area contributed by atoms with E-state index in [9.17, 15) is 19.8 Å². The number of hydrogen-bond acceptors (Lipinski definition) is 6. The van der Waals surface area contributed by atoms with Crippen molar-refractivity contribution in [1.29, 1.82) is 0 Å². The number of aliphatic carboxylic acids is 2. The minimum absolute atomic E-state index is 0. The van der Waals surface area contributed by atoms with Gasteiger partial charge in [-0.25, -0.2) is 0 Å². The summed E-state index contributed by atoms with van der Waals surface area (Å²) in [6.45, 7) is 0. The maximum absolute atomic E-state index is 9.92. The zero-order valence-electron chi connectivity index (χ0n) is 6.68. The molecule has 0 aliphatic rings. The van der Waals surface area contributed by atoms with E-state index >= 15 is 0 Å². The van der Waals surface area contributed by atoms with Gasteiger partial charge in [-0.2, -0.15) is 25.3 Å². The molecule has 8 heteroatoms. The predicted molar refractivity (Wildman–Crippen MR) is 35.6 cm³/mol. The summed E-state index contributed by atoms with van der Waals surface area (Å²) in [5.74, 6) is -3.15. The number of carboxylic acids is 2. The third-order valence-corrected chi connectivity index (χ3v) is 2.04. The minimum Gasteiger partial charge on any atom is -0.549 e. The minimum atomic E-state index is -1.58. The molecule has 2 atom stereocenters. The van der Waals surface area contributed by atoms with Gasteiger partial charge in [-0.3, -0.25) is 0 Å². The summed E-state index contributed by atoms with van der Waals surface area (Å²) < 4.78 is 0. The van der Waals surface area contributed by atoms with Crippen LogP contribution in [0.5, 0.6) is 0 Å². The van der Waals surface area contributed by atoms with Gasteiger partial charge in [-0.1, -0.05) is 0 Å². The summed E-state index contributed by atoms with van der Waals surface area (Å²) in [6.07, 6.45) is 0. The second kappa shape index (κ2) is 9.21. The fraction of sp³-hybridized carbons (Fsp3) is 0.500. The molecule has 0 bridgehead atoms. The summed E-state index contributed by atoms with van der Waals surface area (Å²) in [6, 6.07) is 0. The first-order valence-corrected chi connectivity index (χ1v) is 3.28. The van der Waals surface area contributed by atoms with Crippen LogP contribution in [-0.2, 0) is 9.59 Å². The maximum Gasteiger partial charge on any atom is 1.00 e. The summed E-state index contributed by atoms with van der Waals surface area (Å²) in [5, 5.41) is 17.0. The van der Waals surface area contributed by atoms with E-state index in [-0.39, 0.29) is 59.1 Å². The first kappa shape index (κ1) is 19.2. The molecule has 0 saturated heterocycles. The smallest absolute Gasteiger partial charge is 0.549 e. The summed E-state index contributed by atoms with van der Waals surface area (Å²) in [5.41, 5.74) is 0. The molecule has 0 spiro atoms. The predicted octanol–water partition coefficient (Wildman–Crippen LogP) is -8.91.